The number of fused-ring (bicyclic) bond motifs is 1. The number of benzene rings is 1. The zero-order valence-electron chi connectivity index (χ0n) is 16.4. The average molecular weight is 435 g/mol. The predicted molar refractivity (Wildman–Crippen MR) is 119 cm³/mol. The molecule has 0 atom stereocenters. The number of nitrogens with zero attached hydrogens (tertiary/aromatic N) is 3. The minimum atomic E-state index is -0.143. The number of hydrogen-bond acceptors (Lipinski definition) is 7. The summed E-state index contributed by atoms with van der Waals surface area (Å²) >= 11 is 5.95. The lowest BCUT2D eigenvalue weighted by molar-refractivity contribution is 0.0946. The third kappa shape index (κ3) is 4.44. The molecule has 0 bridgehead atoms. The topological polar surface area (TPSA) is 105 Å². The molecule has 5 rings (SSSR count). The molecular weight excluding hydrogens is 416 g/mol. The average Bonchev–Trinajstić information content (AvgIpc) is 3.46. The van der Waals surface area contributed by atoms with Crippen molar-refractivity contribution in [2.75, 3.05) is 10.6 Å². The van der Waals surface area contributed by atoms with Crippen LogP contribution in [0, 0.1) is 0 Å². The first-order valence-electron chi connectivity index (χ1n) is 9.92. The normalized spacial score (nSPS) is 13.2. The number of carbonyl (C=O) groups is 1. The van der Waals surface area contributed by atoms with E-state index in [2.05, 4.69) is 31.1 Å². The summed E-state index contributed by atoms with van der Waals surface area (Å²) in [5.41, 5.74) is 2.74. The van der Waals surface area contributed by atoms with Crippen LogP contribution in [0.15, 0.2) is 59.3 Å². The molecule has 1 aliphatic rings. The lowest BCUT2D eigenvalue weighted by Gasteiger charge is -2.10. The molecule has 1 aliphatic carbocycles. The maximum Gasteiger partial charge on any atom is 0.270 e. The van der Waals surface area contributed by atoms with E-state index in [9.17, 15) is 4.79 Å². The summed E-state index contributed by atoms with van der Waals surface area (Å²) in [4.78, 5) is 16.4. The molecule has 8 nitrogen and oxygen atoms in total. The van der Waals surface area contributed by atoms with Crippen molar-refractivity contribution in [3.8, 4) is 0 Å². The second kappa shape index (κ2) is 8.23. The van der Waals surface area contributed by atoms with Crippen molar-refractivity contribution in [3.63, 3.8) is 0 Å². The maximum absolute atomic E-state index is 12.2. The molecule has 0 spiro atoms. The van der Waals surface area contributed by atoms with Crippen LogP contribution in [0.1, 0.15) is 28.9 Å². The fraction of sp³-hybridized carbons (Fsp3) is 0.182. The van der Waals surface area contributed by atoms with E-state index in [4.69, 9.17) is 16.0 Å². The van der Waals surface area contributed by atoms with Crippen molar-refractivity contribution < 1.29 is 9.21 Å². The zero-order valence-corrected chi connectivity index (χ0v) is 17.2. The van der Waals surface area contributed by atoms with E-state index in [1.807, 2.05) is 24.3 Å². The first kappa shape index (κ1) is 19.3. The third-order valence-electron chi connectivity index (χ3n) is 4.92. The SMILES string of the molecule is O=C(NC1CC1)c1cc(CNc2nnc(Nc3ccc(Cl)cc3)c3ccoc23)ccn1. The molecule has 4 aromatic rings. The number of aromatic nitrogens is 3. The number of rotatable bonds is 7. The third-order valence-corrected chi connectivity index (χ3v) is 5.17. The van der Waals surface area contributed by atoms with Gasteiger partial charge in [-0.15, -0.1) is 10.2 Å². The van der Waals surface area contributed by atoms with Crippen molar-refractivity contribution >= 4 is 45.8 Å². The molecule has 9 heteroatoms. The Morgan fingerprint density at radius 2 is 1.90 bits per heavy atom. The highest BCUT2D eigenvalue weighted by Gasteiger charge is 2.24. The van der Waals surface area contributed by atoms with E-state index in [1.165, 1.54) is 0 Å². The molecule has 3 aromatic heterocycles. The molecular formula is C22H19ClN6O2. The molecule has 3 heterocycles. The van der Waals surface area contributed by atoms with Crippen molar-refractivity contribution in [2.24, 2.45) is 0 Å². The van der Waals surface area contributed by atoms with Gasteiger partial charge >= 0.3 is 0 Å². The van der Waals surface area contributed by atoms with Crippen LogP contribution in [0.5, 0.6) is 0 Å². The standard InChI is InChI=1S/C22H19ClN6O2/c23-14-1-3-15(4-2-14)26-20-17-8-10-31-19(17)21(29-28-20)25-12-13-7-9-24-18(11-13)22(30)27-16-5-6-16/h1-4,7-11,16H,5-6,12H2,(H,25,29)(H,26,28)(H,27,30). The Balaban J connectivity index is 1.31. The van der Waals surface area contributed by atoms with Crippen LogP contribution in [-0.4, -0.2) is 27.1 Å². The summed E-state index contributed by atoms with van der Waals surface area (Å²) in [7, 11) is 0. The Hall–Kier alpha value is -3.65. The number of furan rings is 1. The van der Waals surface area contributed by atoms with Gasteiger partial charge in [-0.05, 0) is 60.9 Å². The molecule has 3 N–H and O–H groups in total. The summed E-state index contributed by atoms with van der Waals surface area (Å²) < 4.78 is 5.65. The Labute approximate surface area is 183 Å². The minimum absolute atomic E-state index is 0.143. The van der Waals surface area contributed by atoms with E-state index < -0.39 is 0 Å². The highest BCUT2D eigenvalue weighted by molar-refractivity contribution is 6.30. The number of halogens is 1. The largest absolute Gasteiger partial charge is 0.460 e. The van der Waals surface area contributed by atoms with Gasteiger partial charge in [0.1, 0.15) is 5.69 Å². The molecule has 0 radical (unpaired) electrons. The Morgan fingerprint density at radius 1 is 1.10 bits per heavy atom. The zero-order chi connectivity index (χ0) is 21.2. The van der Waals surface area contributed by atoms with Gasteiger partial charge in [-0.1, -0.05) is 11.6 Å². The molecule has 0 aliphatic heterocycles. The second-order valence-electron chi connectivity index (χ2n) is 7.34. The van der Waals surface area contributed by atoms with Gasteiger partial charge in [-0.2, -0.15) is 0 Å². The Kier molecular flexibility index (Phi) is 5.13. The van der Waals surface area contributed by atoms with Gasteiger partial charge in [0.15, 0.2) is 17.2 Å². The van der Waals surface area contributed by atoms with Gasteiger partial charge in [-0.3, -0.25) is 9.78 Å². The number of amides is 1. The number of anilines is 3. The van der Waals surface area contributed by atoms with Gasteiger partial charge in [-0.25, -0.2) is 0 Å². The smallest absolute Gasteiger partial charge is 0.270 e. The number of nitrogens with one attached hydrogen (secondary N) is 3. The van der Waals surface area contributed by atoms with Crippen molar-refractivity contribution in [1.82, 2.24) is 20.5 Å². The quantitative estimate of drug-likeness (QED) is 0.392. The minimum Gasteiger partial charge on any atom is -0.460 e. The van der Waals surface area contributed by atoms with Crippen LogP contribution in [0.25, 0.3) is 11.0 Å². The summed E-state index contributed by atoms with van der Waals surface area (Å²) in [6, 6.07) is 13.1. The van der Waals surface area contributed by atoms with E-state index in [0.717, 1.165) is 29.5 Å². The van der Waals surface area contributed by atoms with Crippen molar-refractivity contribution in [2.45, 2.75) is 25.4 Å². The first-order chi connectivity index (χ1) is 15.2. The fourth-order valence-electron chi connectivity index (χ4n) is 3.14. The van der Waals surface area contributed by atoms with Crippen molar-refractivity contribution in [1.29, 1.82) is 0 Å². The molecule has 31 heavy (non-hydrogen) atoms. The van der Waals surface area contributed by atoms with Gasteiger partial charge < -0.3 is 20.4 Å². The van der Waals surface area contributed by atoms with Gasteiger partial charge in [0, 0.05) is 29.5 Å². The van der Waals surface area contributed by atoms with Gasteiger partial charge in [0.2, 0.25) is 0 Å². The van der Waals surface area contributed by atoms with Crippen molar-refractivity contribution in [3.05, 3.63) is 71.2 Å². The lowest BCUT2D eigenvalue weighted by atomic mass is 10.2. The van der Waals surface area contributed by atoms with Crippen LogP contribution in [0.2, 0.25) is 5.02 Å². The Morgan fingerprint density at radius 3 is 2.71 bits per heavy atom. The van der Waals surface area contributed by atoms with Crippen LogP contribution in [-0.2, 0) is 6.54 Å². The fourth-order valence-corrected chi connectivity index (χ4v) is 3.26. The molecule has 156 valence electrons. The van der Waals surface area contributed by atoms with E-state index in [1.54, 1.807) is 30.7 Å². The molecule has 1 fully saturated rings. The van der Waals surface area contributed by atoms with E-state index in [-0.39, 0.29) is 5.91 Å². The summed E-state index contributed by atoms with van der Waals surface area (Å²) in [5.74, 6) is 0.956. The number of carbonyl (C=O) groups excluding carboxylic acids is 1. The summed E-state index contributed by atoms with van der Waals surface area (Å²) in [6.07, 6.45) is 5.30. The highest BCUT2D eigenvalue weighted by Crippen LogP contribution is 2.29. The first-order valence-corrected chi connectivity index (χ1v) is 10.3. The molecule has 1 amide bonds. The van der Waals surface area contributed by atoms with E-state index in [0.29, 0.717) is 40.5 Å². The molecule has 0 saturated heterocycles. The summed E-state index contributed by atoms with van der Waals surface area (Å²) in [6.45, 7) is 0.445. The second-order valence-corrected chi connectivity index (χ2v) is 7.78. The molecule has 0 unspecified atom stereocenters. The lowest BCUT2D eigenvalue weighted by Crippen LogP contribution is -2.26. The number of hydrogen-bond donors (Lipinski definition) is 3. The molecule has 1 aromatic carbocycles. The van der Waals surface area contributed by atoms with Crippen LogP contribution in [0.3, 0.4) is 0 Å². The van der Waals surface area contributed by atoms with E-state index >= 15 is 0 Å². The van der Waals surface area contributed by atoms with Crippen LogP contribution < -0.4 is 16.0 Å². The van der Waals surface area contributed by atoms with Crippen LogP contribution >= 0.6 is 11.6 Å². The predicted octanol–water partition coefficient (Wildman–Crippen LogP) is 4.52. The van der Waals surface area contributed by atoms with Crippen LogP contribution in [0.4, 0.5) is 17.3 Å². The Bertz CT molecular complexity index is 1240. The monoisotopic (exact) mass is 434 g/mol. The van der Waals surface area contributed by atoms with Gasteiger partial charge in [0.05, 0.1) is 11.6 Å². The van der Waals surface area contributed by atoms with Gasteiger partial charge in [0.25, 0.3) is 5.91 Å². The number of pyridine rings is 1. The summed E-state index contributed by atoms with van der Waals surface area (Å²) in [5, 5.41) is 19.4. The molecule has 1 saturated carbocycles. The maximum atomic E-state index is 12.2. The highest BCUT2D eigenvalue weighted by atomic mass is 35.5.